The van der Waals surface area contributed by atoms with Gasteiger partial charge >= 0.3 is 0 Å². The summed E-state index contributed by atoms with van der Waals surface area (Å²) in [6.07, 6.45) is 5.60. The molecule has 0 saturated carbocycles. The maximum atomic E-state index is 12.8. The Kier molecular flexibility index (Phi) is 5.37. The fraction of sp³-hybridized carbons (Fsp3) is 0.526. The van der Waals surface area contributed by atoms with Crippen molar-refractivity contribution < 1.29 is 14.4 Å². The summed E-state index contributed by atoms with van der Waals surface area (Å²) >= 11 is 1.57. The van der Waals surface area contributed by atoms with E-state index in [0.717, 1.165) is 4.88 Å². The van der Waals surface area contributed by atoms with Crippen LogP contribution < -0.4 is 5.32 Å². The first kappa shape index (κ1) is 17.9. The summed E-state index contributed by atoms with van der Waals surface area (Å²) in [6.45, 7) is 4.42. The van der Waals surface area contributed by atoms with Crippen LogP contribution >= 0.6 is 11.3 Å². The molecule has 3 rings (SSSR count). The first-order valence-electron chi connectivity index (χ1n) is 8.81. The van der Waals surface area contributed by atoms with Crippen LogP contribution in [-0.4, -0.2) is 28.7 Å². The van der Waals surface area contributed by atoms with E-state index < -0.39 is 6.04 Å². The summed E-state index contributed by atoms with van der Waals surface area (Å²) < 4.78 is 0. The molecule has 1 aliphatic carbocycles. The van der Waals surface area contributed by atoms with Crippen molar-refractivity contribution >= 4 is 29.1 Å². The van der Waals surface area contributed by atoms with Gasteiger partial charge in [0.2, 0.25) is 17.7 Å². The highest BCUT2D eigenvalue weighted by molar-refractivity contribution is 7.09. The van der Waals surface area contributed by atoms with Crippen molar-refractivity contribution in [2.24, 2.45) is 17.8 Å². The van der Waals surface area contributed by atoms with Crippen molar-refractivity contribution in [1.82, 2.24) is 10.2 Å². The largest absolute Gasteiger partial charge is 0.349 e. The molecule has 3 amide bonds. The first-order valence-corrected chi connectivity index (χ1v) is 9.69. The number of likely N-dealkylation sites (tertiary alicyclic amines) is 1. The molecule has 0 radical (unpaired) electrons. The van der Waals surface area contributed by atoms with Crippen LogP contribution in [0.1, 0.15) is 38.0 Å². The molecular weight excluding hydrogens is 336 g/mol. The minimum atomic E-state index is -0.717. The van der Waals surface area contributed by atoms with Crippen LogP contribution in [0, 0.1) is 17.8 Å². The van der Waals surface area contributed by atoms with Crippen molar-refractivity contribution in [1.29, 1.82) is 0 Å². The van der Waals surface area contributed by atoms with Crippen LogP contribution in [-0.2, 0) is 20.9 Å². The van der Waals surface area contributed by atoms with E-state index in [1.54, 1.807) is 11.3 Å². The monoisotopic (exact) mass is 360 g/mol. The van der Waals surface area contributed by atoms with E-state index in [-0.39, 0.29) is 35.5 Å². The third kappa shape index (κ3) is 3.68. The summed E-state index contributed by atoms with van der Waals surface area (Å²) in [7, 11) is 0. The minimum Gasteiger partial charge on any atom is -0.349 e. The lowest BCUT2D eigenvalue weighted by molar-refractivity contribution is -0.148. The highest BCUT2D eigenvalue weighted by Gasteiger charge is 2.51. The Labute approximate surface area is 152 Å². The number of carbonyl (C=O) groups is 3. The number of hydrogen-bond acceptors (Lipinski definition) is 4. The van der Waals surface area contributed by atoms with Crippen LogP contribution in [0.3, 0.4) is 0 Å². The van der Waals surface area contributed by atoms with Crippen LogP contribution in [0.2, 0.25) is 0 Å². The Morgan fingerprint density at radius 3 is 2.40 bits per heavy atom. The number of carbonyl (C=O) groups excluding carboxylic acids is 3. The topological polar surface area (TPSA) is 66.5 Å². The third-order valence-electron chi connectivity index (χ3n) is 4.87. The minimum absolute atomic E-state index is 0.184. The lowest BCUT2D eigenvalue weighted by Crippen LogP contribution is -2.50. The maximum absolute atomic E-state index is 12.8. The van der Waals surface area contributed by atoms with Crippen LogP contribution in [0.4, 0.5) is 0 Å². The van der Waals surface area contributed by atoms with E-state index in [9.17, 15) is 14.4 Å². The summed E-state index contributed by atoms with van der Waals surface area (Å²) in [4.78, 5) is 40.7. The number of fused-ring (bicyclic) bond motifs is 1. The molecule has 1 saturated heterocycles. The molecule has 0 spiro atoms. The van der Waals surface area contributed by atoms with Gasteiger partial charge in [0.05, 0.1) is 18.4 Å². The van der Waals surface area contributed by atoms with Crippen molar-refractivity contribution in [2.75, 3.05) is 0 Å². The van der Waals surface area contributed by atoms with Gasteiger partial charge in [-0.15, -0.1) is 11.3 Å². The summed E-state index contributed by atoms with van der Waals surface area (Å²) in [5, 5.41) is 4.86. The normalized spacial score (nSPS) is 23.9. The van der Waals surface area contributed by atoms with Crippen LogP contribution in [0.15, 0.2) is 29.7 Å². The van der Waals surface area contributed by atoms with Crippen LogP contribution in [0.25, 0.3) is 0 Å². The number of thiophene rings is 1. The summed E-state index contributed by atoms with van der Waals surface area (Å²) in [5.41, 5.74) is 0. The number of nitrogens with one attached hydrogen (secondary N) is 1. The number of amides is 3. The highest BCUT2D eigenvalue weighted by atomic mass is 32.1. The van der Waals surface area contributed by atoms with E-state index in [0.29, 0.717) is 25.8 Å². The van der Waals surface area contributed by atoms with E-state index in [1.165, 1.54) is 4.90 Å². The molecule has 3 atom stereocenters. The Balaban J connectivity index is 1.76. The second-order valence-corrected chi connectivity index (χ2v) is 8.18. The zero-order valence-electron chi connectivity index (χ0n) is 14.6. The van der Waals surface area contributed by atoms with E-state index in [2.05, 4.69) is 5.32 Å². The molecule has 2 aliphatic rings. The zero-order valence-corrected chi connectivity index (χ0v) is 15.4. The van der Waals surface area contributed by atoms with Crippen molar-refractivity contribution in [3.63, 3.8) is 0 Å². The lowest BCUT2D eigenvalue weighted by atomic mass is 9.85. The Morgan fingerprint density at radius 1 is 1.24 bits per heavy atom. The Bertz CT molecular complexity index is 655. The average molecular weight is 360 g/mol. The molecule has 0 unspecified atom stereocenters. The summed E-state index contributed by atoms with van der Waals surface area (Å²) in [5.74, 6) is -0.990. The second-order valence-electron chi connectivity index (χ2n) is 7.14. The number of hydrogen-bond donors (Lipinski definition) is 1. The first-order chi connectivity index (χ1) is 12.0. The molecule has 1 aromatic heterocycles. The molecule has 1 aliphatic heterocycles. The zero-order chi connectivity index (χ0) is 18.0. The predicted octanol–water partition coefficient (Wildman–Crippen LogP) is 2.73. The molecular formula is C19H24N2O3S. The van der Waals surface area contributed by atoms with Crippen molar-refractivity contribution in [2.45, 2.75) is 45.7 Å². The van der Waals surface area contributed by atoms with Gasteiger partial charge in [-0.25, -0.2) is 0 Å². The molecule has 2 heterocycles. The molecule has 25 heavy (non-hydrogen) atoms. The van der Waals surface area contributed by atoms with Gasteiger partial charge in [-0.3, -0.25) is 19.3 Å². The van der Waals surface area contributed by atoms with Gasteiger partial charge in [-0.1, -0.05) is 32.1 Å². The molecule has 134 valence electrons. The van der Waals surface area contributed by atoms with E-state index in [1.807, 2.05) is 43.5 Å². The molecule has 0 bridgehead atoms. The fourth-order valence-corrected chi connectivity index (χ4v) is 4.26. The van der Waals surface area contributed by atoms with E-state index in [4.69, 9.17) is 0 Å². The molecule has 6 heteroatoms. The number of imide groups is 1. The van der Waals surface area contributed by atoms with Gasteiger partial charge in [-0.05, 0) is 36.6 Å². The van der Waals surface area contributed by atoms with Gasteiger partial charge in [0.1, 0.15) is 6.04 Å². The fourth-order valence-electron chi connectivity index (χ4n) is 3.61. The van der Waals surface area contributed by atoms with Crippen molar-refractivity contribution in [3.8, 4) is 0 Å². The SMILES string of the molecule is CC(C)C[C@H](C(=O)NCc1cccs1)N1C(=O)[C@@H]2CC=CC[C@H]2C1=O. The smallest absolute Gasteiger partial charge is 0.243 e. The van der Waals surface area contributed by atoms with Gasteiger partial charge in [0.25, 0.3) is 0 Å². The molecule has 1 fully saturated rings. The highest BCUT2D eigenvalue weighted by Crippen LogP contribution is 2.37. The number of allylic oxidation sites excluding steroid dienone is 2. The summed E-state index contributed by atoms with van der Waals surface area (Å²) in [6, 6.07) is 3.17. The van der Waals surface area contributed by atoms with E-state index >= 15 is 0 Å². The third-order valence-corrected chi connectivity index (χ3v) is 5.74. The number of nitrogens with zero attached hydrogens (tertiary/aromatic N) is 1. The predicted molar refractivity (Wildman–Crippen MR) is 96.6 cm³/mol. The Hall–Kier alpha value is -1.95. The average Bonchev–Trinajstić information content (AvgIpc) is 3.19. The maximum Gasteiger partial charge on any atom is 0.243 e. The van der Waals surface area contributed by atoms with Gasteiger partial charge in [-0.2, -0.15) is 0 Å². The molecule has 1 N–H and O–H groups in total. The standard InChI is InChI=1S/C19H24N2O3S/c1-12(2)10-16(17(22)20-11-13-6-5-9-25-13)21-18(23)14-7-3-4-8-15(14)19(21)24/h3-6,9,12,14-16H,7-8,10-11H2,1-2H3,(H,20,22)/t14-,15-,16-/m1/s1. The quantitative estimate of drug-likeness (QED) is 0.627. The molecule has 0 aromatic carbocycles. The van der Waals surface area contributed by atoms with Gasteiger partial charge in [0.15, 0.2) is 0 Å². The second kappa shape index (κ2) is 7.52. The van der Waals surface area contributed by atoms with Gasteiger partial charge in [0, 0.05) is 4.88 Å². The van der Waals surface area contributed by atoms with Crippen LogP contribution in [0.5, 0.6) is 0 Å². The Morgan fingerprint density at radius 2 is 1.88 bits per heavy atom. The van der Waals surface area contributed by atoms with Gasteiger partial charge < -0.3 is 5.32 Å². The molecule has 1 aromatic rings. The number of rotatable bonds is 6. The lowest BCUT2D eigenvalue weighted by Gasteiger charge is -2.27. The van der Waals surface area contributed by atoms with Crippen molar-refractivity contribution in [3.05, 3.63) is 34.5 Å². The molecule has 5 nitrogen and oxygen atoms in total.